The lowest BCUT2D eigenvalue weighted by atomic mass is 9.98. The van der Waals surface area contributed by atoms with E-state index in [2.05, 4.69) is 45.9 Å². The number of ether oxygens (including phenoxy) is 1. The first-order valence-corrected chi connectivity index (χ1v) is 6.77. The van der Waals surface area contributed by atoms with Gasteiger partial charge < -0.3 is 4.74 Å². The monoisotopic (exact) mass is 233 g/mol. The summed E-state index contributed by atoms with van der Waals surface area (Å²) in [4.78, 5) is 0. The van der Waals surface area contributed by atoms with E-state index < -0.39 is 0 Å². The van der Waals surface area contributed by atoms with Crippen LogP contribution in [0.25, 0.3) is 0 Å². The van der Waals surface area contributed by atoms with E-state index in [4.69, 9.17) is 4.74 Å². The van der Waals surface area contributed by atoms with E-state index in [-0.39, 0.29) is 0 Å². The van der Waals surface area contributed by atoms with Gasteiger partial charge in [-0.05, 0) is 48.9 Å². The molecule has 1 nitrogen and oxygen atoms in total. The molecule has 0 fully saturated rings. The Kier molecular flexibility index (Phi) is 6.10. The molecular weight excluding hydrogens is 208 g/mol. The van der Waals surface area contributed by atoms with Gasteiger partial charge in [-0.15, -0.1) is 0 Å². The minimum Gasteiger partial charge on any atom is -0.494 e. The van der Waals surface area contributed by atoms with Crippen molar-refractivity contribution in [1.82, 2.24) is 0 Å². The molecule has 0 saturated carbocycles. The van der Waals surface area contributed by atoms with Crippen molar-refractivity contribution in [3.05, 3.63) is 36.2 Å². The molecule has 0 saturated heterocycles. The Bertz CT molecular complexity index is 328. The fraction of sp³-hybridized carbons (Fsp3) is 0.562. The van der Waals surface area contributed by atoms with Crippen molar-refractivity contribution >= 4 is 0 Å². The lowest BCUT2D eigenvalue weighted by Gasteiger charge is -2.12. The summed E-state index contributed by atoms with van der Waals surface area (Å²) in [6.07, 6.45) is 4.58. The van der Waals surface area contributed by atoms with Gasteiger partial charge in [-0.1, -0.05) is 39.7 Å². The minimum absolute atomic E-state index is 0.320. The van der Waals surface area contributed by atoms with Crippen molar-refractivity contribution in [2.75, 3.05) is 6.61 Å². The van der Waals surface area contributed by atoms with Crippen LogP contribution in [0.1, 0.15) is 57.1 Å². The quantitative estimate of drug-likeness (QED) is 0.617. The Morgan fingerprint density at radius 1 is 1.18 bits per heavy atom. The van der Waals surface area contributed by atoms with Gasteiger partial charge in [-0.3, -0.25) is 0 Å². The van der Waals surface area contributed by atoms with Gasteiger partial charge in [0, 0.05) is 0 Å². The summed E-state index contributed by atoms with van der Waals surface area (Å²) >= 11 is 0. The molecule has 17 heavy (non-hydrogen) atoms. The molecule has 1 unspecified atom stereocenters. The molecule has 1 rings (SSSR count). The van der Waals surface area contributed by atoms with Crippen LogP contribution in [0, 0.1) is 6.92 Å². The van der Waals surface area contributed by atoms with Crippen LogP contribution in [0.3, 0.4) is 0 Å². The highest BCUT2D eigenvalue weighted by Crippen LogP contribution is 2.24. The summed E-state index contributed by atoms with van der Waals surface area (Å²) in [6, 6.07) is 6.56. The van der Waals surface area contributed by atoms with Crippen LogP contribution in [0.2, 0.25) is 0 Å². The number of unbranched alkanes of at least 4 members (excludes halogenated alkanes) is 1. The molecule has 1 heteroatoms. The van der Waals surface area contributed by atoms with E-state index in [0.29, 0.717) is 5.92 Å². The van der Waals surface area contributed by atoms with Crippen molar-refractivity contribution in [3.8, 4) is 5.75 Å². The second-order valence-electron chi connectivity index (χ2n) is 4.76. The van der Waals surface area contributed by atoms with Crippen LogP contribution < -0.4 is 4.74 Å². The molecule has 0 bridgehead atoms. The number of benzene rings is 1. The molecule has 1 aromatic carbocycles. The third-order valence-corrected chi connectivity index (χ3v) is 2.86. The van der Waals surface area contributed by atoms with Gasteiger partial charge in [-0.25, -0.2) is 0 Å². The molecule has 95 valence electrons. The summed E-state index contributed by atoms with van der Waals surface area (Å²) < 4.78 is 5.80. The number of hydrogen-bond acceptors (Lipinski definition) is 1. The van der Waals surface area contributed by atoms with Crippen molar-refractivity contribution in [1.29, 1.82) is 0 Å². The summed E-state index contributed by atoms with van der Waals surface area (Å²) in [5.74, 6) is 1.33. The van der Waals surface area contributed by atoms with E-state index in [1.165, 1.54) is 24.0 Å². The third-order valence-electron chi connectivity index (χ3n) is 2.86. The molecular formula is C16H25O. The van der Waals surface area contributed by atoms with Gasteiger partial charge in [0.15, 0.2) is 0 Å². The molecule has 0 heterocycles. The largest absolute Gasteiger partial charge is 0.494 e. The van der Waals surface area contributed by atoms with Crippen molar-refractivity contribution in [3.63, 3.8) is 0 Å². The van der Waals surface area contributed by atoms with E-state index in [1.54, 1.807) is 0 Å². The van der Waals surface area contributed by atoms with Crippen LogP contribution in [0.5, 0.6) is 5.75 Å². The third kappa shape index (κ3) is 4.80. The van der Waals surface area contributed by atoms with Gasteiger partial charge in [0.05, 0.1) is 6.61 Å². The first-order chi connectivity index (χ1) is 8.17. The lowest BCUT2D eigenvalue weighted by molar-refractivity contribution is 0.308. The van der Waals surface area contributed by atoms with E-state index >= 15 is 0 Å². The van der Waals surface area contributed by atoms with Gasteiger partial charge >= 0.3 is 0 Å². The first kappa shape index (κ1) is 14.1. The molecule has 1 atom stereocenters. The second-order valence-corrected chi connectivity index (χ2v) is 4.76. The molecule has 0 spiro atoms. The van der Waals surface area contributed by atoms with Crippen LogP contribution in [-0.4, -0.2) is 6.61 Å². The average Bonchev–Trinajstić information content (AvgIpc) is 2.29. The van der Waals surface area contributed by atoms with Crippen molar-refractivity contribution in [2.24, 2.45) is 0 Å². The molecule has 1 radical (unpaired) electrons. The van der Waals surface area contributed by atoms with Crippen molar-refractivity contribution < 1.29 is 4.74 Å². The number of aryl methyl sites for hydroxylation is 1. The zero-order valence-electron chi connectivity index (χ0n) is 11.5. The van der Waals surface area contributed by atoms with Crippen LogP contribution >= 0.6 is 0 Å². The van der Waals surface area contributed by atoms with Crippen LogP contribution in [0.15, 0.2) is 18.2 Å². The lowest BCUT2D eigenvalue weighted by Crippen LogP contribution is -1.99. The highest BCUT2D eigenvalue weighted by Gasteiger charge is 2.05. The Morgan fingerprint density at radius 3 is 2.53 bits per heavy atom. The van der Waals surface area contributed by atoms with Crippen molar-refractivity contribution in [2.45, 2.75) is 52.4 Å². The summed E-state index contributed by atoms with van der Waals surface area (Å²) in [5, 5.41) is 0. The minimum atomic E-state index is 0.320. The number of hydrogen-bond donors (Lipinski definition) is 0. The zero-order chi connectivity index (χ0) is 12.7. The molecule has 0 aliphatic heterocycles. The molecule has 0 aliphatic carbocycles. The molecule has 0 N–H and O–H groups in total. The zero-order valence-corrected chi connectivity index (χ0v) is 11.5. The highest BCUT2D eigenvalue weighted by molar-refractivity contribution is 5.36. The van der Waals surface area contributed by atoms with Gasteiger partial charge in [-0.2, -0.15) is 0 Å². The fourth-order valence-corrected chi connectivity index (χ4v) is 1.82. The molecule has 0 amide bonds. The Balaban J connectivity index is 2.79. The van der Waals surface area contributed by atoms with E-state index in [1.807, 2.05) is 0 Å². The maximum Gasteiger partial charge on any atom is 0.119 e. The van der Waals surface area contributed by atoms with E-state index in [9.17, 15) is 0 Å². The normalized spacial score (nSPS) is 10.9. The molecule has 0 aromatic heterocycles. The Hall–Kier alpha value is -0.980. The highest BCUT2D eigenvalue weighted by atomic mass is 16.5. The molecule has 1 aromatic rings. The predicted molar refractivity (Wildman–Crippen MR) is 74.6 cm³/mol. The fourth-order valence-electron chi connectivity index (χ4n) is 1.82. The van der Waals surface area contributed by atoms with Crippen LogP contribution in [0.4, 0.5) is 0 Å². The first-order valence-electron chi connectivity index (χ1n) is 6.77. The Morgan fingerprint density at radius 2 is 1.94 bits per heavy atom. The van der Waals surface area contributed by atoms with Crippen LogP contribution in [-0.2, 0) is 6.42 Å². The predicted octanol–water partition coefficient (Wildman–Crippen LogP) is 4.76. The SMILES string of the molecule is [CH2]C(C)c1cc(CCC)cc(OCCCC)c1. The maximum atomic E-state index is 5.80. The standard InChI is InChI=1S/C16H25O/c1-5-7-9-17-16-11-14(8-6-2)10-15(12-16)13(3)4/h10-13H,3,5-9H2,1-2,4H3. The van der Waals surface area contributed by atoms with Gasteiger partial charge in [0.2, 0.25) is 0 Å². The summed E-state index contributed by atoms with van der Waals surface area (Å²) in [7, 11) is 0. The number of rotatable bonds is 7. The topological polar surface area (TPSA) is 9.23 Å². The average molecular weight is 233 g/mol. The molecule has 0 aliphatic rings. The summed E-state index contributed by atoms with van der Waals surface area (Å²) in [6.45, 7) is 11.4. The van der Waals surface area contributed by atoms with Gasteiger partial charge in [0.1, 0.15) is 5.75 Å². The Labute approximate surface area is 106 Å². The smallest absolute Gasteiger partial charge is 0.119 e. The summed E-state index contributed by atoms with van der Waals surface area (Å²) in [5.41, 5.74) is 2.65. The van der Waals surface area contributed by atoms with Gasteiger partial charge in [0.25, 0.3) is 0 Å². The maximum absolute atomic E-state index is 5.80. The van der Waals surface area contributed by atoms with E-state index in [0.717, 1.165) is 25.2 Å². The second kappa shape index (κ2) is 7.37.